The third kappa shape index (κ3) is 3.42. The maximum Gasteiger partial charge on any atom is 0.267 e. The molecule has 0 radical (unpaired) electrons. The van der Waals surface area contributed by atoms with Crippen molar-refractivity contribution in [3.63, 3.8) is 0 Å². The molecule has 2 rings (SSSR count). The van der Waals surface area contributed by atoms with E-state index in [1.54, 1.807) is 19.1 Å². The largest absolute Gasteiger partial charge is 0.298 e. The van der Waals surface area contributed by atoms with E-state index in [4.69, 9.17) is 0 Å². The van der Waals surface area contributed by atoms with Crippen LogP contribution in [0.2, 0.25) is 0 Å². The van der Waals surface area contributed by atoms with E-state index < -0.39 is 0 Å². The fourth-order valence-electron chi connectivity index (χ4n) is 1.88. The summed E-state index contributed by atoms with van der Waals surface area (Å²) in [5, 5.41) is 0. The summed E-state index contributed by atoms with van der Waals surface area (Å²) in [5.74, 6) is 0.0952. The minimum Gasteiger partial charge on any atom is -0.298 e. The van der Waals surface area contributed by atoms with E-state index >= 15 is 0 Å². The number of aryl methyl sites for hydroxylation is 2. The Morgan fingerprint density at radius 2 is 2.00 bits per heavy atom. The van der Waals surface area contributed by atoms with E-state index in [2.05, 4.69) is 20.9 Å². The van der Waals surface area contributed by atoms with Gasteiger partial charge in [-0.15, -0.1) is 0 Å². The van der Waals surface area contributed by atoms with Crippen molar-refractivity contribution in [3.8, 4) is 0 Å². The summed E-state index contributed by atoms with van der Waals surface area (Å²) < 4.78 is 2.00. The van der Waals surface area contributed by atoms with Crippen molar-refractivity contribution in [1.29, 1.82) is 0 Å². The molecular formula is C15H15BrN2O2. The third-order valence-corrected chi connectivity index (χ3v) is 3.97. The Hall–Kier alpha value is -1.75. The van der Waals surface area contributed by atoms with Crippen LogP contribution in [0.4, 0.5) is 0 Å². The zero-order chi connectivity index (χ0) is 14.5. The average molecular weight is 335 g/mol. The number of benzene rings is 1. The minimum atomic E-state index is -0.107. The van der Waals surface area contributed by atoms with E-state index in [9.17, 15) is 9.59 Å². The highest BCUT2D eigenvalue weighted by Crippen LogP contribution is 2.08. The summed E-state index contributed by atoms with van der Waals surface area (Å²) in [4.78, 5) is 28.0. The second kappa shape index (κ2) is 6.61. The van der Waals surface area contributed by atoms with Crippen LogP contribution in [0, 0.1) is 6.92 Å². The monoisotopic (exact) mass is 334 g/mol. The van der Waals surface area contributed by atoms with Gasteiger partial charge in [0, 0.05) is 18.5 Å². The van der Waals surface area contributed by atoms with Crippen molar-refractivity contribution >= 4 is 21.7 Å². The number of hydrogen-bond acceptors (Lipinski definition) is 3. The molecule has 0 aliphatic carbocycles. The smallest absolute Gasteiger partial charge is 0.267 e. The predicted octanol–water partition coefficient (Wildman–Crippen LogP) is 2.98. The first-order valence-electron chi connectivity index (χ1n) is 6.39. The number of aromatic nitrogens is 2. The molecule has 0 amide bonds. The lowest BCUT2D eigenvalue weighted by molar-refractivity contribution is 0.0978. The van der Waals surface area contributed by atoms with Crippen molar-refractivity contribution in [2.45, 2.75) is 26.3 Å². The Morgan fingerprint density at radius 3 is 2.70 bits per heavy atom. The van der Waals surface area contributed by atoms with Crippen molar-refractivity contribution in [2.75, 3.05) is 0 Å². The zero-order valence-corrected chi connectivity index (χ0v) is 12.8. The van der Waals surface area contributed by atoms with E-state index in [1.165, 1.54) is 10.9 Å². The molecule has 1 aromatic heterocycles. The number of Topliss-reactive ketones (excluding diaryl/α,β-unsaturated/α-hetero) is 1. The van der Waals surface area contributed by atoms with Crippen LogP contribution in [-0.4, -0.2) is 15.3 Å². The highest BCUT2D eigenvalue weighted by molar-refractivity contribution is 9.10. The molecule has 4 nitrogen and oxygen atoms in total. The van der Waals surface area contributed by atoms with Gasteiger partial charge in [-0.25, -0.2) is 4.98 Å². The van der Waals surface area contributed by atoms with Gasteiger partial charge >= 0.3 is 0 Å². The molecule has 2 aromatic rings. The highest BCUT2D eigenvalue weighted by atomic mass is 79.9. The molecule has 20 heavy (non-hydrogen) atoms. The Kier molecular flexibility index (Phi) is 4.84. The van der Waals surface area contributed by atoms with Crippen LogP contribution >= 0.6 is 15.9 Å². The second-order valence-electron chi connectivity index (χ2n) is 4.54. The van der Waals surface area contributed by atoms with Gasteiger partial charge in [-0.3, -0.25) is 14.2 Å². The molecule has 0 fully saturated rings. The summed E-state index contributed by atoms with van der Waals surface area (Å²) >= 11 is 3.22. The summed E-state index contributed by atoms with van der Waals surface area (Å²) in [6.45, 7) is 2.26. The number of ketones is 1. The van der Waals surface area contributed by atoms with Gasteiger partial charge in [-0.05, 0) is 29.3 Å². The van der Waals surface area contributed by atoms with E-state index in [-0.39, 0.29) is 11.3 Å². The predicted molar refractivity (Wildman–Crippen MR) is 80.9 cm³/mol. The standard InChI is InChI=1S/C15H15BrN2O2/c1-11-14(16)15(20)18(10-17-11)9-5-8-13(19)12-6-3-2-4-7-12/h2-4,6-7,10H,5,8-9H2,1H3. The molecule has 0 atom stereocenters. The normalized spacial score (nSPS) is 10.5. The molecule has 5 heteroatoms. The first-order valence-corrected chi connectivity index (χ1v) is 7.18. The zero-order valence-electron chi connectivity index (χ0n) is 11.2. The molecule has 0 aliphatic heterocycles. The topological polar surface area (TPSA) is 52.0 Å². The van der Waals surface area contributed by atoms with Gasteiger partial charge in [0.1, 0.15) is 4.47 Å². The number of rotatable bonds is 5. The third-order valence-electron chi connectivity index (χ3n) is 3.06. The Labute approximate surface area is 125 Å². The first-order chi connectivity index (χ1) is 9.59. The van der Waals surface area contributed by atoms with Gasteiger partial charge in [0.05, 0.1) is 12.0 Å². The van der Waals surface area contributed by atoms with Crippen LogP contribution in [0.25, 0.3) is 0 Å². The molecule has 1 aromatic carbocycles. The first kappa shape index (κ1) is 14.7. The fourth-order valence-corrected chi connectivity index (χ4v) is 2.21. The van der Waals surface area contributed by atoms with Crippen LogP contribution in [-0.2, 0) is 6.54 Å². The number of nitrogens with zero attached hydrogens (tertiary/aromatic N) is 2. The fraction of sp³-hybridized carbons (Fsp3) is 0.267. The van der Waals surface area contributed by atoms with Crippen molar-refractivity contribution in [3.05, 3.63) is 62.7 Å². The van der Waals surface area contributed by atoms with Gasteiger partial charge in [-0.1, -0.05) is 30.3 Å². The SMILES string of the molecule is Cc1ncn(CCCC(=O)c2ccccc2)c(=O)c1Br. The van der Waals surface area contributed by atoms with Gasteiger partial charge in [0.15, 0.2) is 5.78 Å². The molecule has 0 N–H and O–H groups in total. The Morgan fingerprint density at radius 1 is 1.30 bits per heavy atom. The van der Waals surface area contributed by atoms with E-state index in [0.29, 0.717) is 35.1 Å². The van der Waals surface area contributed by atoms with Gasteiger partial charge in [0.2, 0.25) is 0 Å². The van der Waals surface area contributed by atoms with Gasteiger partial charge in [-0.2, -0.15) is 0 Å². The summed E-state index contributed by atoms with van der Waals surface area (Å²) in [6, 6.07) is 9.18. The minimum absolute atomic E-state index is 0.0952. The Bertz CT molecular complexity index is 665. The molecule has 104 valence electrons. The lowest BCUT2D eigenvalue weighted by atomic mass is 10.1. The van der Waals surface area contributed by atoms with Gasteiger partial charge < -0.3 is 0 Å². The molecule has 0 saturated carbocycles. The van der Waals surface area contributed by atoms with Crippen LogP contribution in [0.5, 0.6) is 0 Å². The Balaban J connectivity index is 1.96. The molecule has 0 unspecified atom stereocenters. The number of carbonyl (C=O) groups is 1. The molecule has 1 heterocycles. The van der Waals surface area contributed by atoms with Crippen molar-refractivity contribution < 1.29 is 4.79 Å². The number of hydrogen-bond donors (Lipinski definition) is 0. The lowest BCUT2D eigenvalue weighted by Crippen LogP contribution is -2.22. The highest BCUT2D eigenvalue weighted by Gasteiger charge is 2.07. The number of halogens is 1. The molecular weight excluding hydrogens is 320 g/mol. The maximum atomic E-state index is 11.9. The summed E-state index contributed by atoms with van der Waals surface area (Å²) in [5.41, 5.74) is 1.28. The second-order valence-corrected chi connectivity index (χ2v) is 5.33. The quantitative estimate of drug-likeness (QED) is 0.790. The lowest BCUT2D eigenvalue weighted by Gasteiger charge is -2.06. The van der Waals surface area contributed by atoms with Crippen LogP contribution < -0.4 is 5.56 Å². The van der Waals surface area contributed by atoms with Crippen molar-refractivity contribution in [2.24, 2.45) is 0 Å². The maximum absolute atomic E-state index is 11.9. The van der Waals surface area contributed by atoms with E-state index in [1.807, 2.05) is 18.2 Å². The number of carbonyl (C=O) groups excluding carboxylic acids is 1. The van der Waals surface area contributed by atoms with Crippen LogP contribution in [0.3, 0.4) is 0 Å². The molecule has 0 aliphatic rings. The summed E-state index contributed by atoms with van der Waals surface area (Å²) in [7, 11) is 0. The average Bonchev–Trinajstić information content (AvgIpc) is 2.48. The molecule has 0 bridgehead atoms. The van der Waals surface area contributed by atoms with Crippen molar-refractivity contribution in [1.82, 2.24) is 9.55 Å². The van der Waals surface area contributed by atoms with Gasteiger partial charge in [0.25, 0.3) is 5.56 Å². The molecule has 0 spiro atoms. The summed E-state index contributed by atoms with van der Waals surface area (Å²) in [6.07, 6.45) is 2.56. The van der Waals surface area contributed by atoms with Crippen LogP contribution in [0.15, 0.2) is 45.9 Å². The van der Waals surface area contributed by atoms with Crippen LogP contribution in [0.1, 0.15) is 28.9 Å². The van der Waals surface area contributed by atoms with E-state index in [0.717, 1.165) is 0 Å². The molecule has 0 saturated heterocycles.